The fourth-order valence-electron chi connectivity index (χ4n) is 3.05. The summed E-state index contributed by atoms with van der Waals surface area (Å²) in [4.78, 5) is 4.61. The van der Waals surface area contributed by atoms with Gasteiger partial charge in [-0.1, -0.05) is 19.1 Å². The Morgan fingerprint density at radius 3 is 2.63 bits per heavy atom. The van der Waals surface area contributed by atoms with E-state index in [4.69, 9.17) is 4.74 Å². The number of rotatable bonds is 9. The zero-order chi connectivity index (χ0) is 19.7. The summed E-state index contributed by atoms with van der Waals surface area (Å²) in [6.07, 6.45) is 1.66. The molecule has 2 rings (SSSR count). The second-order valence-electron chi connectivity index (χ2n) is 6.72. The zero-order valence-electron chi connectivity index (χ0n) is 16.6. The highest BCUT2D eigenvalue weighted by molar-refractivity contribution is 7.89. The van der Waals surface area contributed by atoms with Crippen LogP contribution in [0.4, 0.5) is 0 Å². The summed E-state index contributed by atoms with van der Waals surface area (Å²) in [5.41, 5.74) is 1.27. The Labute approximate surface area is 163 Å². The number of guanidine groups is 1. The van der Waals surface area contributed by atoms with Gasteiger partial charge in [-0.25, -0.2) is 12.7 Å². The number of hydrogen-bond donors (Lipinski definition) is 2. The Morgan fingerprint density at radius 2 is 2.04 bits per heavy atom. The molecule has 1 atom stereocenters. The van der Waals surface area contributed by atoms with Gasteiger partial charge in [0.25, 0.3) is 0 Å². The molecular weight excluding hydrogens is 364 g/mol. The Hall–Kier alpha value is -1.80. The molecule has 1 heterocycles. The average Bonchev–Trinajstić information content (AvgIpc) is 3.00. The van der Waals surface area contributed by atoms with Crippen molar-refractivity contribution in [2.24, 2.45) is 4.99 Å². The topological polar surface area (TPSA) is 83.0 Å². The molecular formula is C19H32N4O3S. The predicted octanol–water partition coefficient (Wildman–Crippen LogP) is 1.78. The lowest BCUT2D eigenvalue weighted by Crippen LogP contribution is -2.42. The molecule has 7 nitrogen and oxygen atoms in total. The monoisotopic (exact) mass is 396 g/mol. The number of ether oxygens (including phenoxy) is 1. The second kappa shape index (κ2) is 10.5. The molecule has 27 heavy (non-hydrogen) atoms. The van der Waals surface area contributed by atoms with Crippen molar-refractivity contribution in [1.82, 2.24) is 14.9 Å². The lowest BCUT2D eigenvalue weighted by Gasteiger charge is -2.17. The third-order valence-electron chi connectivity index (χ3n) is 4.72. The number of nitrogens with one attached hydrogen (secondary N) is 2. The van der Waals surface area contributed by atoms with Crippen LogP contribution in [0.2, 0.25) is 0 Å². The Balaban J connectivity index is 1.79. The summed E-state index contributed by atoms with van der Waals surface area (Å²) in [6, 6.07) is 8.14. The number of benzene rings is 1. The van der Waals surface area contributed by atoms with Gasteiger partial charge in [0, 0.05) is 32.7 Å². The fourth-order valence-corrected chi connectivity index (χ4v) is 4.58. The van der Waals surface area contributed by atoms with E-state index in [0.717, 1.165) is 31.1 Å². The van der Waals surface area contributed by atoms with E-state index in [1.54, 1.807) is 11.4 Å². The lowest BCUT2D eigenvalue weighted by molar-refractivity contribution is 0.414. The van der Waals surface area contributed by atoms with Crippen LogP contribution in [0, 0.1) is 0 Å². The lowest BCUT2D eigenvalue weighted by atomic mass is 9.98. The van der Waals surface area contributed by atoms with Gasteiger partial charge in [-0.05, 0) is 43.4 Å². The fraction of sp³-hybridized carbons (Fsp3) is 0.632. The van der Waals surface area contributed by atoms with Gasteiger partial charge in [-0.15, -0.1) is 0 Å². The highest BCUT2D eigenvalue weighted by Gasteiger charge is 2.27. The first-order chi connectivity index (χ1) is 13.0. The highest BCUT2D eigenvalue weighted by Crippen LogP contribution is 2.21. The van der Waals surface area contributed by atoms with Crippen LogP contribution in [0.5, 0.6) is 5.75 Å². The molecule has 2 N–H and O–H groups in total. The molecule has 1 aromatic rings. The van der Waals surface area contributed by atoms with Crippen molar-refractivity contribution in [3.8, 4) is 5.75 Å². The van der Waals surface area contributed by atoms with Crippen molar-refractivity contribution < 1.29 is 13.2 Å². The van der Waals surface area contributed by atoms with Crippen molar-refractivity contribution in [1.29, 1.82) is 0 Å². The molecule has 0 amide bonds. The van der Waals surface area contributed by atoms with Crippen molar-refractivity contribution in [2.45, 2.75) is 32.6 Å². The van der Waals surface area contributed by atoms with E-state index < -0.39 is 10.0 Å². The van der Waals surface area contributed by atoms with E-state index in [1.165, 1.54) is 5.56 Å². The first-order valence-corrected chi connectivity index (χ1v) is 11.2. The van der Waals surface area contributed by atoms with Crippen LogP contribution < -0.4 is 15.4 Å². The molecule has 1 aliphatic heterocycles. The smallest absolute Gasteiger partial charge is 0.214 e. The van der Waals surface area contributed by atoms with E-state index in [-0.39, 0.29) is 5.75 Å². The van der Waals surface area contributed by atoms with Gasteiger partial charge in [0.2, 0.25) is 10.0 Å². The minimum absolute atomic E-state index is 0.268. The zero-order valence-corrected chi connectivity index (χ0v) is 17.4. The van der Waals surface area contributed by atoms with Crippen molar-refractivity contribution >= 4 is 16.0 Å². The van der Waals surface area contributed by atoms with Gasteiger partial charge in [0.05, 0.1) is 12.9 Å². The quantitative estimate of drug-likeness (QED) is 0.491. The number of sulfonamides is 1. The van der Waals surface area contributed by atoms with Gasteiger partial charge < -0.3 is 15.4 Å². The summed E-state index contributed by atoms with van der Waals surface area (Å²) in [5, 5.41) is 6.44. The Morgan fingerprint density at radius 1 is 1.30 bits per heavy atom. The molecule has 0 radical (unpaired) electrons. The molecule has 0 bridgehead atoms. The molecule has 1 saturated heterocycles. The minimum atomic E-state index is -3.04. The minimum Gasteiger partial charge on any atom is -0.497 e. The summed E-state index contributed by atoms with van der Waals surface area (Å²) in [6.45, 7) is 7.33. The molecule has 152 valence electrons. The Kier molecular flexibility index (Phi) is 8.37. The van der Waals surface area contributed by atoms with E-state index in [2.05, 4.69) is 34.7 Å². The third-order valence-corrected chi connectivity index (χ3v) is 6.67. The van der Waals surface area contributed by atoms with Gasteiger partial charge in [0.15, 0.2) is 5.96 Å². The number of methoxy groups -OCH3 is 1. The average molecular weight is 397 g/mol. The highest BCUT2D eigenvalue weighted by atomic mass is 32.2. The largest absolute Gasteiger partial charge is 0.497 e. The molecule has 8 heteroatoms. The number of hydrogen-bond acceptors (Lipinski definition) is 4. The van der Waals surface area contributed by atoms with Crippen LogP contribution in [-0.4, -0.2) is 64.3 Å². The molecule has 0 aromatic heterocycles. The molecule has 1 fully saturated rings. The van der Waals surface area contributed by atoms with Crippen LogP contribution in [0.15, 0.2) is 29.3 Å². The van der Waals surface area contributed by atoms with E-state index in [9.17, 15) is 8.42 Å². The molecule has 0 aliphatic carbocycles. The number of aliphatic imine (C=N–C) groups is 1. The van der Waals surface area contributed by atoms with Gasteiger partial charge in [0.1, 0.15) is 5.75 Å². The molecule has 0 spiro atoms. The maximum atomic E-state index is 11.8. The van der Waals surface area contributed by atoms with Crippen LogP contribution >= 0.6 is 0 Å². The SMILES string of the molecule is CCNC(=NCCC(C)c1ccc(OC)cc1)NCCN1CCCS1(=O)=O. The molecule has 0 saturated carbocycles. The van der Waals surface area contributed by atoms with Crippen molar-refractivity contribution in [3.05, 3.63) is 29.8 Å². The standard InChI is InChI=1S/C19H32N4O3S/c1-4-20-19(22-12-14-23-13-5-15-27(23,24)25)21-11-10-16(2)17-6-8-18(26-3)9-7-17/h6-9,16H,4-5,10-15H2,1-3H3,(H2,20,21,22). The third kappa shape index (κ3) is 6.70. The first kappa shape index (κ1) is 21.5. The van der Waals surface area contributed by atoms with E-state index in [1.807, 2.05) is 19.1 Å². The van der Waals surface area contributed by atoms with E-state index >= 15 is 0 Å². The van der Waals surface area contributed by atoms with E-state index in [0.29, 0.717) is 32.1 Å². The van der Waals surface area contributed by atoms with Crippen LogP contribution in [-0.2, 0) is 10.0 Å². The van der Waals surface area contributed by atoms with Crippen LogP contribution in [0.25, 0.3) is 0 Å². The summed E-state index contributed by atoms with van der Waals surface area (Å²) >= 11 is 0. The van der Waals surface area contributed by atoms with Crippen LogP contribution in [0.3, 0.4) is 0 Å². The predicted molar refractivity (Wildman–Crippen MR) is 110 cm³/mol. The number of nitrogens with zero attached hydrogens (tertiary/aromatic N) is 2. The maximum absolute atomic E-state index is 11.8. The molecule has 1 unspecified atom stereocenters. The summed E-state index contributed by atoms with van der Waals surface area (Å²) in [7, 11) is -1.37. The first-order valence-electron chi connectivity index (χ1n) is 9.60. The van der Waals surface area contributed by atoms with Crippen molar-refractivity contribution in [3.63, 3.8) is 0 Å². The molecule has 1 aromatic carbocycles. The Bertz CT molecular complexity index is 704. The maximum Gasteiger partial charge on any atom is 0.214 e. The molecule has 1 aliphatic rings. The normalized spacial score (nSPS) is 18.3. The summed E-state index contributed by atoms with van der Waals surface area (Å²) in [5.74, 6) is 2.26. The van der Waals surface area contributed by atoms with Crippen LogP contribution in [0.1, 0.15) is 38.2 Å². The summed E-state index contributed by atoms with van der Waals surface area (Å²) < 4.78 is 30.4. The van der Waals surface area contributed by atoms with Gasteiger partial charge in [-0.3, -0.25) is 4.99 Å². The van der Waals surface area contributed by atoms with Gasteiger partial charge in [-0.2, -0.15) is 0 Å². The van der Waals surface area contributed by atoms with Gasteiger partial charge >= 0.3 is 0 Å². The second-order valence-corrected chi connectivity index (χ2v) is 8.81. The van der Waals surface area contributed by atoms with Crippen molar-refractivity contribution in [2.75, 3.05) is 45.6 Å².